The molecule has 5 heteroatoms. The summed E-state index contributed by atoms with van der Waals surface area (Å²) < 4.78 is 12.9. The molecule has 0 aliphatic carbocycles. The van der Waals surface area contributed by atoms with E-state index in [2.05, 4.69) is 5.32 Å². The quantitative estimate of drug-likeness (QED) is 0.685. The first-order chi connectivity index (χ1) is 6.77. The van der Waals surface area contributed by atoms with Gasteiger partial charge in [0, 0.05) is 37.6 Å². The Balaban J connectivity index is 1.87. The van der Waals surface area contributed by atoms with Crippen molar-refractivity contribution >= 4 is 17.7 Å². The molecule has 0 saturated carbocycles. The first-order valence-corrected chi connectivity index (χ1v) is 6.17. The van der Waals surface area contributed by atoms with Crippen LogP contribution in [0.1, 0.15) is 6.42 Å². The molecule has 3 nitrogen and oxygen atoms in total. The zero-order valence-electron chi connectivity index (χ0n) is 8.04. The van der Waals surface area contributed by atoms with Crippen LogP contribution in [-0.4, -0.2) is 54.2 Å². The topological polar surface area (TPSA) is 32.3 Å². The maximum Gasteiger partial charge on any atom is 0.239 e. The molecule has 14 heavy (non-hydrogen) atoms. The van der Waals surface area contributed by atoms with Crippen molar-refractivity contribution in [3.05, 3.63) is 0 Å². The molecule has 0 radical (unpaired) electrons. The van der Waals surface area contributed by atoms with Crippen LogP contribution in [0.2, 0.25) is 0 Å². The Morgan fingerprint density at radius 3 is 2.71 bits per heavy atom. The highest BCUT2D eigenvalue weighted by Gasteiger charge is 2.32. The van der Waals surface area contributed by atoms with Gasteiger partial charge in [0.1, 0.15) is 6.17 Å². The summed E-state index contributed by atoms with van der Waals surface area (Å²) in [5.41, 5.74) is 0. The lowest BCUT2D eigenvalue weighted by Gasteiger charge is -2.28. The van der Waals surface area contributed by atoms with Gasteiger partial charge >= 0.3 is 0 Å². The second-order valence-corrected chi connectivity index (χ2v) is 4.96. The van der Waals surface area contributed by atoms with Crippen LogP contribution in [0.25, 0.3) is 0 Å². The van der Waals surface area contributed by atoms with Crippen LogP contribution in [0.5, 0.6) is 0 Å². The van der Waals surface area contributed by atoms with Crippen molar-refractivity contribution in [3.8, 4) is 0 Å². The molecule has 2 saturated heterocycles. The summed E-state index contributed by atoms with van der Waals surface area (Å²) in [4.78, 5) is 13.7. The Kier molecular flexibility index (Phi) is 3.28. The predicted octanol–water partition coefficient (Wildman–Crippen LogP) is 0.262. The van der Waals surface area contributed by atoms with Crippen molar-refractivity contribution in [3.63, 3.8) is 0 Å². The summed E-state index contributed by atoms with van der Waals surface area (Å²) >= 11 is 1.87. The Morgan fingerprint density at radius 1 is 1.43 bits per heavy atom. The molecule has 1 amide bonds. The Morgan fingerprint density at radius 2 is 2.14 bits per heavy atom. The van der Waals surface area contributed by atoms with E-state index in [1.807, 2.05) is 16.7 Å². The lowest BCUT2D eigenvalue weighted by Crippen LogP contribution is -2.46. The van der Waals surface area contributed by atoms with Crippen LogP contribution < -0.4 is 5.32 Å². The Labute approximate surface area is 87.4 Å². The van der Waals surface area contributed by atoms with Gasteiger partial charge in [-0.25, -0.2) is 4.39 Å². The van der Waals surface area contributed by atoms with Gasteiger partial charge in [-0.15, -0.1) is 0 Å². The minimum Gasteiger partial charge on any atom is -0.340 e. The number of halogens is 1. The number of amides is 1. The van der Waals surface area contributed by atoms with Crippen molar-refractivity contribution in [2.75, 3.05) is 31.1 Å². The number of carbonyl (C=O) groups is 1. The third-order valence-electron chi connectivity index (χ3n) is 2.70. The van der Waals surface area contributed by atoms with Crippen LogP contribution >= 0.6 is 11.8 Å². The molecule has 0 aromatic carbocycles. The molecule has 2 fully saturated rings. The third-order valence-corrected chi connectivity index (χ3v) is 3.64. The predicted molar refractivity (Wildman–Crippen MR) is 55.2 cm³/mol. The van der Waals surface area contributed by atoms with E-state index in [4.69, 9.17) is 0 Å². The van der Waals surface area contributed by atoms with Crippen molar-refractivity contribution in [1.82, 2.24) is 10.2 Å². The van der Waals surface area contributed by atoms with E-state index >= 15 is 0 Å². The van der Waals surface area contributed by atoms with E-state index in [0.717, 1.165) is 24.6 Å². The van der Waals surface area contributed by atoms with Gasteiger partial charge in [-0.3, -0.25) is 4.79 Å². The number of rotatable bonds is 1. The summed E-state index contributed by atoms with van der Waals surface area (Å²) in [6, 6.07) is -0.270. The highest BCUT2D eigenvalue weighted by molar-refractivity contribution is 7.99. The number of nitrogens with one attached hydrogen (secondary N) is 1. The number of hydrogen-bond donors (Lipinski definition) is 1. The van der Waals surface area contributed by atoms with Crippen molar-refractivity contribution in [1.29, 1.82) is 0 Å². The first-order valence-electron chi connectivity index (χ1n) is 5.01. The van der Waals surface area contributed by atoms with Crippen LogP contribution in [-0.2, 0) is 4.79 Å². The molecule has 0 aromatic heterocycles. The molecule has 0 aromatic rings. The first kappa shape index (κ1) is 10.2. The normalized spacial score (nSPS) is 33.4. The SMILES string of the molecule is O=C(C1CC(F)CN1)N1CCSCC1. The van der Waals surface area contributed by atoms with E-state index in [1.165, 1.54) is 0 Å². The minimum absolute atomic E-state index is 0.0884. The second kappa shape index (κ2) is 4.49. The Bertz CT molecular complexity index is 214. The Hall–Kier alpha value is -0.290. The van der Waals surface area contributed by atoms with Gasteiger partial charge in [0.05, 0.1) is 6.04 Å². The van der Waals surface area contributed by atoms with E-state index in [1.54, 1.807) is 0 Å². The minimum atomic E-state index is -0.844. The molecule has 1 N–H and O–H groups in total. The fourth-order valence-electron chi connectivity index (χ4n) is 1.88. The average Bonchev–Trinajstić information content (AvgIpc) is 2.65. The standard InChI is InChI=1S/C9H15FN2OS/c10-7-5-8(11-6-7)9(13)12-1-3-14-4-2-12/h7-8,11H,1-6H2. The summed E-state index contributed by atoms with van der Waals surface area (Å²) in [6.45, 7) is 1.97. The molecular weight excluding hydrogens is 203 g/mol. The molecule has 2 rings (SSSR count). The maximum absolute atomic E-state index is 12.9. The lowest BCUT2D eigenvalue weighted by molar-refractivity contribution is -0.132. The van der Waals surface area contributed by atoms with Crippen LogP contribution in [0.15, 0.2) is 0 Å². The molecule has 2 aliphatic rings. The van der Waals surface area contributed by atoms with Gasteiger partial charge in [0.25, 0.3) is 0 Å². The van der Waals surface area contributed by atoms with Gasteiger partial charge in [-0.1, -0.05) is 0 Å². The van der Waals surface area contributed by atoms with Gasteiger partial charge in [0.2, 0.25) is 5.91 Å². The smallest absolute Gasteiger partial charge is 0.239 e. The zero-order chi connectivity index (χ0) is 9.97. The zero-order valence-corrected chi connectivity index (χ0v) is 8.86. The number of thioether (sulfide) groups is 1. The van der Waals surface area contributed by atoms with Crippen molar-refractivity contribution < 1.29 is 9.18 Å². The fourth-order valence-corrected chi connectivity index (χ4v) is 2.79. The summed E-state index contributed by atoms with van der Waals surface area (Å²) in [5, 5.41) is 2.93. The second-order valence-electron chi connectivity index (χ2n) is 3.73. The summed E-state index contributed by atoms with van der Waals surface area (Å²) in [5.74, 6) is 2.11. The molecule has 2 aliphatic heterocycles. The van der Waals surface area contributed by atoms with Crippen LogP contribution in [0, 0.1) is 0 Å². The largest absolute Gasteiger partial charge is 0.340 e. The highest BCUT2D eigenvalue weighted by atomic mass is 32.2. The number of alkyl halides is 1. The monoisotopic (exact) mass is 218 g/mol. The molecule has 0 spiro atoms. The molecule has 2 unspecified atom stereocenters. The van der Waals surface area contributed by atoms with Crippen LogP contribution in [0.4, 0.5) is 4.39 Å². The molecule has 2 heterocycles. The van der Waals surface area contributed by atoms with Crippen LogP contribution in [0.3, 0.4) is 0 Å². The van der Waals surface area contributed by atoms with Gasteiger partial charge in [0.15, 0.2) is 0 Å². The van der Waals surface area contributed by atoms with E-state index in [-0.39, 0.29) is 11.9 Å². The highest BCUT2D eigenvalue weighted by Crippen LogP contribution is 2.15. The molecule has 2 atom stereocenters. The van der Waals surface area contributed by atoms with Crippen molar-refractivity contribution in [2.45, 2.75) is 18.6 Å². The van der Waals surface area contributed by atoms with E-state index in [9.17, 15) is 9.18 Å². The molecular formula is C9H15FN2OS. The average molecular weight is 218 g/mol. The summed E-state index contributed by atoms with van der Waals surface area (Å²) in [6.07, 6.45) is -0.495. The maximum atomic E-state index is 12.9. The van der Waals surface area contributed by atoms with E-state index in [0.29, 0.717) is 13.0 Å². The van der Waals surface area contributed by atoms with Crippen molar-refractivity contribution in [2.24, 2.45) is 0 Å². The lowest BCUT2D eigenvalue weighted by atomic mass is 10.2. The van der Waals surface area contributed by atoms with E-state index < -0.39 is 6.17 Å². The third kappa shape index (κ3) is 2.20. The number of nitrogens with zero attached hydrogens (tertiary/aromatic N) is 1. The fraction of sp³-hybridized carbons (Fsp3) is 0.889. The number of carbonyl (C=O) groups excluding carboxylic acids is 1. The van der Waals surface area contributed by atoms with Gasteiger partial charge in [-0.2, -0.15) is 11.8 Å². The molecule has 0 bridgehead atoms. The molecule has 80 valence electrons. The van der Waals surface area contributed by atoms with Gasteiger partial charge in [-0.05, 0) is 0 Å². The summed E-state index contributed by atoms with van der Waals surface area (Å²) in [7, 11) is 0. The van der Waals surface area contributed by atoms with Gasteiger partial charge < -0.3 is 10.2 Å². The number of hydrogen-bond acceptors (Lipinski definition) is 3.